The van der Waals surface area contributed by atoms with Crippen molar-refractivity contribution in [3.63, 3.8) is 0 Å². The summed E-state index contributed by atoms with van der Waals surface area (Å²) in [4.78, 5) is 2.40. The van der Waals surface area contributed by atoms with Gasteiger partial charge in [-0.3, -0.25) is 0 Å². The SMILES string of the molecule is CCC(CBr)N(C)C(C)C. The van der Waals surface area contributed by atoms with E-state index in [1.54, 1.807) is 0 Å². The predicted molar refractivity (Wildman–Crippen MR) is 50.8 cm³/mol. The molecule has 1 nitrogen and oxygen atoms in total. The molecule has 0 aromatic heterocycles. The van der Waals surface area contributed by atoms with E-state index in [0.717, 1.165) is 5.33 Å². The highest BCUT2D eigenvalue weighted by molar-refractivity contribution is 9.09. The molecule has 0 heterocycles. The molecule has 1 unspecified atom stereocenters. The first-order valence-corrected chi connectivity index (χ1v) is 5.03. The number of rotatable bonds is 4. The molecule has 0 aromatic carbocycles. The van der Waals surface area contributed by atoms with E-state index in [4.69, 9.17) is 0 Å². The summed E-state index contributed by atoms with van der Waals surface area (Å²) in [7, 11) is 2.18. The van der Waals surface area contributed by atoms with Gasteiger partial charge >= 0.3 is 0 Å². The van der Waals surface area contributed by atoms with Gasteiger partial charge in [0, 0.05) is 17.4 Å². The van der Waals surface area contributed by atoms with Crippen LogP contribution in [-0.4, -0.2) is 29.4 Å². The largest absolute Gasteiger partial charge is 0.300 e. The van der Waals surface area contributed by atoms with Crippen molar-refractivity contribution in [3.05, 3.63) is 0 Å². The Morgan fingerprint density at radius 2 is 1.90 bits per heavy atom. The third-order valence-electron chi connectivity index (χ3n) is 2.04. The van der Waals surface area contributed by atoms with Gasteiger partial charge in [0.1, 0.15) is 0 Å². The van der Waals surface area contributed by atoms with E-state index in [1.165, 1.54) is 6.42 Å². The van der Waals surface area contributed by atoms with Gasteiger partial charge in [-0.25, -0.2) is 0 Å². The van der Waals surface area contributed by atoms with Crippen LogP contribution in [0.5, 0.6) is 0 Å². The molecule has 62 valence electrons. The van der Waals surface area contributed by atoms with Crippen molar-refractivity contribution < 1.29 is 0 Å². The smallest absolute Gasteiger partial charge is 0.0189 e. The van der Waals surface area contributed by atoms with E-state index in [9.17, 15) is 0 Å². The van der Waals surface area contributed by atoms with Crippen molar-refractivity contribution in [1.82, 2.24) is 4.90 Å². The van der Waals surface area contributed by atoms with Crippen LogP contribution in [0.2, 0.25) is 0 Å². The lowest BCUT2D eigenvalue weighted by molar-refractivity contribution is 0.208. The molecule has 0 aromatic rings. The molecule has 0 aliphatic heterocycles. The van der Waals surface area contributed by atoms with Crippen LogP contribution in [0.25, 0.3) is 0 Å². The standard InChI is InChI=1S/C8H18BrN/c1-5-8(6-9)10(4)7(2)3/h7-8H,5-6H2,1-4H3. The molecule has 0 saturated heterocycles. The van der Waals surface area contributed by atoms with Crippen LogP contribution in [0.4, 0.5) is 0 Å². The number of hydrogen-bond donors (Lipinski definition) is 0. The lowest BCUT2D eigenvalue weighted by Crippen LogP contribution is -2.37. The van der Waals surface area contributed by atoms with Gasteiger partial charge in [-0.05, 0) is 27.3 Å². The van der Waals surface area contributed by atoms with Gasteiger partial charge in [0.2, 0.25) is 0 Å². The molecule has 0 aliphatic carbocycles. The highest BCUT2D eigenvalue weighted by atomic mass is 79.9. The fourth-order valence-corrected chi connectivity index (χ4v) is 1.84. The molecule has 0 fully saturated rings. The number of nitrogens with zero attached hydrogens (tertiary/aromatic N) is 1. The first-order valence-electron chi connectivity index (χ1n) is 3.91. The number of alkyl halides is 1. The second-order valence-corrected chi connectivity index (χ2v) is 3.62. The highest BCUT2D eigenvalue weighted by Crippen LogP contribution is 2.08. The van der Waals surface area contributed by atoms with E-state index in [2.05, 4.69) is 48.6 Å². The topological polar surface area (TPSA) is 3.24 Å². The third kappa shape index (κ3) is 3.02. The molecular weight excluding hydrogens is 190 g/mol. The molecule has 0 saturated carbocycles. The Labute approximate surface area is 72.9 Å². The van der Waals surface area contributed by atoms with Gasteiger partial charge in [0.25, 0.3) is 0 Å². The fourth-order valence-electron chi connectivity index (χ4n) is 0.928. The maximum atomic E-state index is 3.50. The Kier molecular flexibility index (Phi) is 5.36. The minimum absolute atomic E-state index is 0.655. The van der Waals surface area contributed by atoms with E-state index < -0.39 is 0 Å². The van der Waals surface area contributed by atoms with Gasteiger partial charge in [0.05, 0.1) is 0 Å². The van der Waals surface area contributed by atoms with Crippen LogP contribution in [0.15, 0.2) is 0 Å². The summed E-state index contributed by atoms with van der Waals surface area (Å²) >= 11 is 3.50. The van der Waals surface area contributed by atoms with Gasteiger partial charge in [-0.1, -0.05) is 22.9 Å². The molecule has 1 atom stereocenters. The van der Waals surface area contributed by atoms with Gasteiger partial charge in [-0.15, -0.1) is 0 Å². The van der Waals surface area contributed by atoms with Crippen molar-refractivity contribution in [1.29, 1.82) is 0 Å². The Morgan fingerprint density at radius 3 is 2.00 bits per heavy atom. The molecule has 0 aliphatic rings. The highest BCUT2D eigenvalue weighted by Gasteiger charge is 2.12. The summed E-state index contributed by atoms with van der Waals surface area (Å²) in [5.41, 5.74) is 0. The summed E-state index contributed by atoms with van der Waals surface area (Å²) in [5.74, 6) is 0. The summed E-state index contributed by atoms with van der Waals surface area (Å²) in [5, 5.41) is 1.08. The molecule has 0 bridgehead atoms. The summed E-state index contributed by atoms with van der Waals surface area (Å²) in [6.45, 7) is 6.68. The predicted octanol–water partition coefficient (Wildman–Crippen LogP) is 2.50. The van der Waals surface area contributed by atoms with Crippen LogP contribution < -0.4 is 0 Å². The number of hydrogen-bond acceptors (Lipinski definition) is 1. The summed E-state index contributed by atoms with van der Waals surface area (Å²) in [6.07, 6.45) is 1.22. The Morgan fingerprint density at radius 1 is 1.40 bits per heavy atom. The minimum Gasteiger partial charge on any atom is -0.300 e. The molecule has 0 N–H and O–H groups in total. The zero-order valence-electron chi connectivity index (χ0n) is 7.39. The molecule has 0 amide bonds. The third-order valence-corrected chi connectivity index (χ3v) is 2.79. The molecule has 2 heteroatoms. The molecule has 0 radical (unpaired) electrons. The van der Waals surface area contributed by atoms with Crippen molar-refractivity contribution in [2.24, 2.45) is 0 Å². The zero-order chi connectivity index (χ0) is 8.15. The second-order valence-electron chi connectivity index (χ2n) is 2.98. The molecule has 0 spiro atoms. The van der Waals surface area contributed by atoms with Crippen molar-refractivity contribution in [2.45, 2.75) is 39.3 Å². The molecular formula is C8H18BrN. The lowest BCUT2D eigenvalue weighted by Gasteiger charge is -2.28. The Bertz CT molecular complexity index is 79.3. The first kappa shape index (κ1) is 10.4. The monoisotopic (exact) mass is 207 g/mol. The van der Waals surface area contributed by atoms with Gasteiger partial charge < -0.3 is 4.90 Å². The van der Waals surface area contributed by atoms with Crippen LogP contribution >= 0.6 is 15.9 Å². The second kappa shape index (κ2) is 5.14. The normalized spacial score (nSPS) is 14.7. The van der Waals surface area contributed by atoms with Crippen molar-refractivity contribution in [2.75, 3.05) is 12.4 Å². The van der Waals surface area contributed by atoms with E-state index in [1.807, 2.05) is 0 Å². The van der Waals surface area contributed by atoms with Crippen LogP contribution in [0.1, 0.15) is 27.2 Å². The van der Waals surface area contributed by atoms with Crippen LogP contribution in [-0.2, 0) is 0 Å². The minimum atomic E-state index is 0.655. The fraction of sp³-hybridized carbons (Fsp3) is 1.00. The van der Waals surface area contributed by atoms with Crippen LogP contribution in [0, 0.1) is 0 Å². The lowest BCUT2D eigenvalue weighted by atomic mass is 10.2. The Balaban J connectivity index is 3.76. The van der Waals surface area contributed by atoms with E-state index in [0.29, 0.717) is 12.1 Å². The number of halogens is 1. The molecule has 10 heavy (non-hydrogen) atoms. The maximum Gasteiger partial charge on any atom is 0.0189 e. The maximum absolute atomic E-state index is 3.50. The average molecular weight is 208 g/mol. The van der Waals surface area contributed by atoms with E-state index >= 15 is 0 Å². The summed E-state index contributed by atoms with van der Waals surface area (Å²) in [6, 6.07) is 1.35. The quantitative estimate of drug-likeness (QED) is 0.641. The Hall–Kier alpha value is 0.440. The molecule has 0 rings (SSSR count). The van der Waals surface area contributed by atoms with Crippen molar-refractivity contribution in [3.8, 4) is 0 Å². The summed E-state index contributed by atoms with van der Waals surface area (Å²) < 4.78 is 0. The average Bonchev–Trinajstić information content (AvgIpc) is 1.90. The van der Waals surface area contributed by atoms with Gasteiger partial charge in [-0.2, -0.15) is 0 Å². The van der Waals surface area contributed by atoms with E-state index in [-0.39, 0.29) is 0 Å². The van der Waals surface area contributed by atoms with Crippen LogP contribution in [0.3, 0.4) is 0 Å². The zero-order valence-corrected chi connectivity index (χ0v) is 8.98. The van der Waals surface area contributed by atoms with Gasteiger partial charge in [0.15, 0.2) is 0 Å². The first-order chi connectivity index (χ1) is 4.63. The van der Waals surface area contributed by atoms with Crippen molar-refractivity contribution >= 4 is 15.9 Å².